The number of rotatable bonds is 3. The number of hydrogen-bond donors (Lipinski definition) is 1. The van der Waals surface area contributed by atoms with Crippen LogP contribution in [0.2, 0.25) is 5.02 Å². The summed E-state index contributed by atoms with van der Waals surface area (Å²) in [5.74, 6) is 1.14. The molecule has 7 nitrogen and oxygen atoms in total. The number of aromatic nitrogens is 1. The summed E-state index contributed by atoms with van der Waals surface area (Å²) in [5.41, 5.74) is 1.78. The number of pyridine rings is 1. The van der Waals surface area contributed by atoms with Crippen LogP contribution in [-0.2, 0) is 4.79 Å². The van der Waals surface area contributed by atoms with Crippen LogP contribution < -0.4 is 15.0 Å². The van der Waals surface area contributed by atoms with E-state index in [-0.39, 0.29) is 17.6 Å². The van der Waals surface area contributed by atoms with Gasteiger partial charge in [0.15, 0.2) is 11.5 Å². The number of nitrogens with zero attached hydrogens (tertiary/aromatic N) is 3. The summed E-state index contributed by atoms with van der Waals surface area (Å²) >= 11 is 5.91. The summed E-state index contributed by atoms with van der Waals surface area (Å²) in [6, 6.07) is 18.0. The van der Waals surface area contributed by atoms with Gasteiger partial charge in [0.25, 0.3) is 11.8 Å². The molecule has 0 saturated carbocycles. The summed E-state index contributed by atoms with van der Waals surface area (Å²) in [4.78, 5) is 34.0. The van der Waals surface area contributed by atoms with Gasteiger partial charge in [-0.05, 0) is 54.1 Å². The molecule has 166 valence electrons. The van der Waals surface area contributed by atoms with Crippen LogP contribution in [0.15, 0.2) is 72.6 Å². The first-order chi connectivity index (χ1) is 16.1. The maximum Gasteiger partial charge on any atom is 0.291 e. The monoisotopic (exact) mass is 460 g/mol. The molecule has 2 amide bonds. The summed E-state index contributed by atoms with van der Waals surface area (Å²) < 4.78 is 5.80. The second-order valence-corrected chi connectivity index (χ2v) is 8.23. The SMILES string of the molecule is O=C1Nc2cc(C(=O)N3CCN(c4ccccn4)CC3)ccc2OC1=Cc1ccc(Cl)cc1. The van der Waals surface area contributed by atoms with E-state index in [1.54, 1.807) is 54.7 Å². The van der Waals surface area contributed by atoms with E-state index >= 15 is 0 Å². The number of amides is 2. The predicted octanol–water partition coefficient (Wildman–Crippen LogP) is 4.07. The highest BCUT2D eigenvalue weighted by molar-refractivity contribution is 6.30. The van der Waals surface area contributed by atoms with Crippen molar-refractivity contribution in [1.29, 1.82) is 0 Å². The van der Waals surface area contributed by atoms with E-state index < -0.39 is 0 Å². The van der Waals surface area contributed by atoms with Gasteiger partial charge in [0.2, 0.25) is 0 Å². The summed E-state index contributed by atoms with van der Waals surface area (Å²) in [6.45, 7) is 2.63. The van der Waals surface area contributed by atoms with Crippen molar-refractivity contribution in [2.24, 2.45) is 0 Å². The Kier molecular flexibility index (Phi) is 5.71. The average Bonchev–Trinajstić information content (AvgIpc) is 2.86. The van der Waals surface area contributed by atoms with Crippen LogP contribution in [0.25, 0.3) is 6.08 Å². The summed E-state index contributed by atoms with van der Waals surface area (Å²) in [5, 5.41) is 3.44. The Bertz CT molecular complexity index is 1220. The van der Waals surface area contributed by atoms with Crippen molar-refractivity contribution < 1.29 is 14.3 Å². The van der Waals surface area contributed by atoms with Gasteiger partial charge in [-0.1, -0.05) is 29.8 Å². The number of hydrogen-bond acceptors (Lipinski definition) is 5. The van der Waals surface area contributed by atoms with Crippen LogP contribution in [0, 0.1) is 0 Å². The number of benzene rings is 2. The van der Waals surface area contributed by atoms with E-state index in [4.69, 9.17) is 16.3 Å². The second-order valence-electron chi connectivity index (χ2n) is 7.79. The smallest absolute Gasteiger partial charge is 0.291 e. The van der Waals surface area contributed by atoms with Gasteiger partial charge in [0.1, 0.15) is 5.82 Å². The largest absolute Gasteiger partial charge is 0.449 e. The highest BCUT2D eigenvalue weighted by Crippen LogP contribution is 2.33. The molecular weight excluding hydrogens is 440 g/mol. The van der Waals surface area contributed by atoms with Crippen LogP contribution in [0.5, 0.6) is 5.75 Å². The van der Waals surface area contributed by atoms with Crippen molar-refractivity contribution in [3.05, 3.63) is 88.8 Å². The molecule has 0 atom stereocenters. The Balaban J connectivity index is 1.27. The Morgan fingerprint density at radius 3 is 2.55 bits per heavy atom. The number of anilines is 2. The van der Waals surface area contributed by atoms with E-state index in [2.05, 4.69) is 15.2 Å². The minimum absolute atomic E-state index is 0.0739. The second kappa shape index (κ2) is 8.96. The lowest BCUT2D eigenvalue weighted by molar-refractivity contribution is -0.115. The zero-order valence-electron chi connectivity index (χ0n) is 17.7. The van der Waals surface area contributed by atoms with Crippen molar-refractivity contribution in [1.82, 2.24) is 9.88 Å². The Hall–Kier alpha value is -3.84. The number of fused-ring (bicyclic) bond motifs is 1. The lowest BCUT2D eigenvalue weighted by Crippen LogP contribution is -2.49. The van der Waals surface area contributed by atoms with Crippen molar-refractivity contribution in [2.45, 2.75) is 0 Å². The number of nitrogens with one attached hydrogen (secondary N) is 1. The minimum atomic E-state index is -0.369. The predicted molar refractivity (Wildman–Crippen MR) is 127 cm³/mol. The number of ether oxygens (including phenoxy) is 1. The van der Waals surface area contributed by atoms with Gasteiger partial charge in [-0.15, -0.1) is 0 Å². The van der Waals surface area contributed by atoms with Gasteiger partial charge in [-0.2, -0.15) is 0 Å². The van der Waals surface area contributed by atoms with Crippen molar-refractivity contribution in [2.75, 3.05) is 36.4 Å². The van der Waals surface area contributed by atoms with Crippen LogP contribution in [0.1, 0.15) is 15.9 Å². The molecule has 0 radical (unpaired) electrons. The molecule has 33 heavy (non-hydrogen) atoms. The van der Waals surface area contributed by atoms with Crippen molar-refractivity contribution >= 4 is 41.0 Å². The first-order valence-electron chi connectivity index (χ1n) is 10.6. The van der Waals surface area contributed by atoms with Gasteiger partial charge in [-0.25, -0.2) is 4.98 Å². The molecular formula is C25H21ClN4O3. The molecule has 2 aromatic carbocycles. The number of carbonyl (C=O) groups is 2. The topological polar surface area (TPSA) is 74.8 Å². The van der Waals surface area contributed by atoms with Gasteiger partial charge in [0, 0.05) is 43.0 Å². The van der Waals surface area contributed by atoms with Crippen LogP contribution >= 0.6 is 11.6 Å². The van der Waals surface area contributed by atoms with E-state index in [1.807, 2.05) is 23.1 Å². The fourth-order valence-corrected chi connectivity index (χ4v) is 3.99. The molecule has 0 aliphatic carbocycles. The Labute approximate surface area is 196 Å². The van der Waals surface area contributed by atoms with Crippen molar-refractivity contribution in [3.63, 3.8) is 0 Å². The third kappa shape index (κ3) is 4.54. The third-order valence-corrected chi connectivity index (χ3v) is 5.88. The lowest BCUT2D eigenvalue weighted by atomic mass is 10.1. The maximum absolute atomic E-state index is 13.1. The molecule has 3 heterocycles. The van der Waals surface area contributed by atoms with Gasteiger partial charge < -0.3 is 19.9 Å². The molecule has 2 aliphatic heterocycles. The molecule has 1 N–H and O–H groups in total. The fraction of sp³-hybridized carbons (Fsp3) is 0.160. The first kappa shape index (κ1) is 21.0. The third-order valence-electron chi connectivity index (χ3n) is 5.63. The number of piperazine rings is 1. The van der Waals surface area contributed by atoms with Gasteiger partial charge >= 0.3 is 0 Å². The quantitative estimate of drug-likeness (QED) is 0.596. The number of carbonyl (C=O) groups excluding carboxylic acids is 2. The minimum Gasteiger partial charge on any atom is -0.449 e. The highest BCUT2D eigenvalue weighted by Gasteiger charge is 2.26. The normalized spacial score (nSPS) is 16.8. The molecule has 1 saturated heterocycles. The van der Waals surface area contributed by atoms with Crippen LogP contribution in [0.4, 0.5) is 11.5 Å². The Morgan fingerprint density at radius 1 is 1.03 bits per heavy atom. The molecule has 2 aliphatic rings. The Morgan fingerprint density at radius 2 is 1.82 bits per heavy atom. The molecule has 3 aromatic rings. The lowest BCUT2D eigenvalue weighted by Gasteiger charge is -2.35. The molecule has 1 aromatic heterocycles. The molecule has 1 fully saturated rings. The summed E-state index contributed by atoms with van der Waals surface area (Å²) in [6.07, 6.45) is 3.42. The zero-order valence-corrected chi connectivity index (χ0v) is 18.5. The maximum atomic E-state index is 13.1. The standard InChI is InChI=1S/C25H21ClN4O3/c26-19-7-4-17(5-8-19)15-22-24(31)28-20-16-18(6-9-21(20)33-22)25(32)30-13-11-29(12-14-30)23-3-1-2-10-27-23/h1-10,15-16H,11-14H2,(H,28,31). The fourth-order valence-electron chi connectivity index (χ4n) is 3.87. The van der Waals surface area contributed by atoms with E-state index in [0.29, 0.717) is 48.2 Å². The molecule has 0 bridgehead atoms. The first-order valence-corrected chi connectivity index (χ1v) is 11.0. The van der Waals surface area contributed by atoms with Gasteiger partial charge in [-0.3, -0.25) is 9.59 Å². The highest BCUT2D eigenvalue weighted by atomic mass is 35.5. The van der Waals surface area contributed by atoms with Crippen LogP contribution in [0.3, 0.4) is 0 Å². The van der Waals surface area contributed by atoms with E-state index in [0.717, 1.165) is 11.4 Å². The van der Waals surface area contributed by atoms with Crippen LogP contribution in [-0.4, -0.2) is 47.9 Å². The molecule has 8 heteroatoms. The van der Waals surface area contributed by atoms with Crippen molar-refractivity contribution in [3.8, 4) is 5.75 Å². The molecule has 0 spiro atoms. The molecule has 0 unspecified atom stereocenters. The van der Waals surface area contributed by atoms with E-state index in [9.17, 15) is 9.59 Å². The van der Waals surface area contributed by atoms with Gasteiger partial charge in [0.05, 0.1) is 5.69 Å². The average molecular weight is 461 g/mol. The molecule has 5 rings (SSSR count). The summed E-state index contributed by atoms with van der Waals surface area (Å²) in [7, 11) is 0. The zero-order chi connectivity index (χ0) is 22.8. The number of halogens is 1. The van der Waals surface area contributed by atoms with E-state index in [1.165, 1.54) is 0 Å².